The summed E-state index contributed by atoms with van der Waals surface area (Å²) in [6.45, 7) is 4.23. The predicted octanol–water partition coefficient (Wildman–Crippen LogP) is 2.99. The van der Waals surface area contributed by atoms with Gasteiger partial charge in [-0.3, -0.25) is 9.59 Å². The van der Waals surface area contributed by atoms with Crippen LogP contribution >= 0.6 is 0 Å². The highest BCUT2D eigenvalue weighted by Crippen LogP contribution is 2.17. The van der Waals surface area contributed by atoms with E-state index in [2.05, 4.69) is 0 Å². The van der Waals surface area contributed by atoms with Crippen LogP contribution in [0.15, 0.2) is 24.3 Å². The average Bonchev–Trinajstić information content (AvgIpc) is 2.38. The standard InChI is InChI=1S/C15H21NO3/c1-3-4-5-14(17)16(11-10-15(18)19)13-8-6-12(2)7-9-13/h6-9H,3-5,10-11H2,1-2H3,(H,18,19). The molecular formula is C15H21NO3. The fourth-order valence-corrected chi connectivity index (χ4v) is 1.79. The Morgan fingerprint density at radius 1 is 1.16 bits per heavy atom. The highest BCUT2D eigenvalue weighted by atomic mass is 16.4. The Morgan fingerprint density at radius 3 is 2.32 bits per heavy atom. The van der Waals surface area contributed by atoms with Crippen molar-refractivity contribution in [2.24, 2.45) is 0 Å². The van der Waals surface area contributed by atoms with Crippen molar-refractivity contribution in [3.05, 3.63) is 29.8 Å². The molecule has 0 saturated carbocycles. The summed E-state index contributed by atoms with van der Waals surface area (Å²) >= 11 is 0. The largest absolute Gasteiger partial charge is 0.481 e. The van der Waals surface area contributed by atoms with Crippen molar-refractivity contribution >= 4 is 17.6 Å². The van der Waals surface area contributed by atoms with Crippen LogP contribution in [-0.2, 0) is 9.59 Å². The van der Waals surface area contributed by atoms with Crippen molar-refractivity contribution in [1.82, 2.24) is 0 Å². The minimum atomic E-state index is -0.889. The molecule has 0 saturated heterocycles. The second-order valence-electron chi connectivity index (χ2n) is 4.63. The predicted molar refractivity (Wildman–Crippen MR) is 75.3 cm³/mol. The molecule has 0 fully saturated rings. The van der Waals surface area contributed by atoms with E-state index in [4.69, 9.17) is 5.11 Å². The van der Waals surface area contributed by atoms with Gasteiger partial charge >= 0.3 is 5.97 Å². The Morgan fingerprint density at radius 2 is 1.79 bits per heavy atom. The summed E-state index contributed by atoms with van der Waals surface area (Å²) in [6.07, 6.45) is 2.20. The molecule has 0 aliphatic carbocycles. The molecule has 0 atom stereocenters. The van der Waals surface area contributed by atoms with Gasteiger partial charge in [0.25, 0.3) is 0 Å². The summed E-state index contributed by atoms with van der Waals surface area (Å²) in [5.41, 5.74) is 1.89. The number of carbonyl (C=O) groups excluding carboxylic acids is 1. The van der Waals surface area contributed by atoms with Gasteiger partial charge in [0.15, 0.2) is 0 Å². The molecule has 0 unspecified atom stereocenters. The third kappa shape index (κ3) is 5.12. The van der Waals surface area contributed by atoms with Gasteiger partial charge in [-0.05, 0) is 25.5 Å². The maximum absolute atomic E-state index is 12.1. The van der Waals surface area contributed by atoms with Crippen molar-refractivity contribution in [2.45, 2.75) is 39.5 Å². The van der Waals surface area contributed by atoms with Gasteiger partial charge in [-0.2, -0.15) is 0 Å². The maximum Gasteiger partial charge on any atom is 0.305 e. The first kappa shape index (κ1) is 15.2. The zero-order valence-electron chi connectivity index (χ0n) is 11.6. The lowest BCUT2D eigenvalue weighted by molar-refractivity contribution is -0.136. The number of aryl methyl sites for hydroxylation is 1. The molecule has 1 amide bonds. The smallest absolute Gasteiger partial charge is 0.305 e. The van der Waals surface area contributed by atoms with E-state index in [9.17, 15) is 9.59 Å². The van der Waals surface area contributed by atoms with Crippen molar-refractivity contribution in [3.63, 3.8) is 0 Å². The molecule has 1 aromatic rings. The number of rotatable bonds is 7. The summed E-state index contributed by atoms with van der Waals surface area (Å²) in [5.74, 6) is -0.896. The second-order valence-corrected chi connectivity index (χ2v) is 4.63. The number of amides is 1. The van der Waals surface area contributed by atoms with Crippen LogP contribution in [0.4, 0.5) is 5.69 Å². The van der Waals surface area contributed by atoms with Crippen LogP contribution in [-0.4, -0.2) is 23.5 Å². The van der Waals surface area contributed by atoms with Crippen LogP contribution in [0.1, 0.15) is 38.2 Å². The number of anilines is 1. The van der Waals surface area contributed by atoms with Crippen LogP contribution in [0.5, 0.6) is 0 Å². The minimum absolute atomic E-state index is 0.00745. The maximum atomic E-state index is 12.1. The SMILES string of the molecule is CCCCC(=O)N(CCC(=O)O)c1ccc(C)cc1. The van der Waals surface area contributed by atoms with Crippen LogP contribution in [0.25, 0.3) is 0 Å². The normalized spacial score (nSPS) is 10.2. The molecule has 4 nitrogen and oxygen atoms in total. The summed E-state index contributed by atoms with van der Waals surface area (Å²) in [4.78, 5) is 24.4. The lowest BCUT2D eigenvalue weighted by Crippen LogP contribution is -2.32. The van der Waals surface area contributed by atoms with Gasteiger partial charge in [0.05, 0.1) is 6.42 Å². The Labute approximate surface area is 114 Å². The van der Waals surface area contributed by atoms with Crippen molar-refractivity contribution in [3.8, 4) is 0 Å². The van der Waals surface area contributed by atoms with E-state index in [1.807, 2.05) is 38.1 Å². The summed E-state index contributed by atoms with van der Waals surface area (Å²) in [5, 5.41) is 8.77. The fourth-order valence-electron chi connectivity index (χ4n) is 1.79. The quantitative estimate of drug-likeness (QED) is 0.822. The molecule has 4 heteroatoms. The van der Waals surface area contributed by atoms with Crippen LogP contribution in [0, 0.1) is 6.92 Å². The number of unbranched alkanes of at least 4 members (excludes halogenated alkanes) is 1. The van der Waals surface area contributed by atoms with Gasteiger partial charge in [0.2, 0.25) is 5.91 Å². The van der Waals surface area contributed by atoms with E-state index < -0.39 is 5.97 Å². The third-order valence-corrected chi connectivity index (χ3v) is 2.94. The molecular weight excluding hydrogens is 242 g/mol. The molecule has 0 aromatic heterocycles. The molecule has 0 heterocycles. The van der Waals surface area contributed by atoms with Gasteiger partial charge in [0, 0.05) is 18.7 Å². The first-order chi connectivity index (χ1) is 9.04. The molecule has 0 bridgehead atoms. The Hall–Kier alpha value is -1.84. The molecule has 19 heavy (non-hydrogen) atoms. The molecule has 0 aliphatic rings. The Kier molecular flexibility index (Phi) is 6.06. The van der Waals surface area contributed by atoms with E-state index in [1.165, 1.54) is 0 Å². The molecule has 1 N–H and O–H groups in total. The molecule has 1 aromatic carbocycles. The summed E-state index contributed by atoms with van der Waals surface area (Å²) in [7, 11) is 0. The molecule has 0 radical (unpaired) electrons. The molecule has 104 valence electrons. The van der Waals surface area contributed by atoms with Crippen molar-refractivity contribution < 1.29 is 14.7 Å². The van der Waals surface area contributed by atoms with Gasteiger partial charge in [0.1, 0.15) is 0 Å². The molecule has 0 spiro atoms. The Bertz CT molecular complexity index is 426. The number of benzene rings is 1. The number of aliphatic carboxylic acids is 1. The lowest BCUT2D eigenvalue weighted by atomic mass is 10.1. The number of carbonyl (C=O) groups is 2. The van der Waals surface area contributed by atoms with Crippen LogP contribution in [0.3, 0.4) is 0 Å². The zero-order chi connectivity index (χ0) is 14.3. The molecule has 1 rings (SSSR count). The number of hydrogen-bond donors (Lipinski definition) is 1. The minimum Gasteiger partial charge on any atom is -0.481 e. The molecule has 0 aliphatic heterocycles. The number of nitrogens with zero attached hydrogens (tertiary/aromatic N) is 1. The Balaban J connectivity index is 2.81. The van der Waals surface area contributed by atoms with E-state index in [0.29, 0.717) is 6.42 Å². The second kappa shape index (κ2) is 7.56. The number of carboxylic acids is 1. The first-order valence-corrected chi connectivity index (χ1v) is 6.63. The van der Waals surface area contributed by atoms with E-state index in [1.54, 1.807) is 4.90 Å². The lowest BCUT2D eigenvalue weighted by Gasteiger charge is -2.22. The topological polar surface area (TPSA) is 57.6 Å². The number of carboxylic acid groups (broad SMARTS) is 1. The first-order valence-electron chi connectivity index (χ1n) is 6.63. The average molecular weight is 263 g/mol. The summed E-state index contributed by atoms with van der Waals surface area (Å²) in [6, 6.07) is 7.58. The summed E-state index contributed by atoms with van der Waals surface area (Å²) < 4.78 is 0. The monoisotopic (exact) mass is 263 g/mol. The van der Waals surface area contributed by atoms with E-state index in [0.717, 1.165) is 24.1 Å². The van der Waals surface area contributed by atoms with Crippen molar-refractivity contribution in [1.29, 1.82) is 0 Å². The zero-order valence-corrected chi connectivity index (χ0v) is 11.6. The highest BCUT2D eigenvalue weighted by molar-refractivity contribution is 5.93. The van der Waals surface area contributed by atoms with Crippen LogP contribution < -0.4 is 4.90 Å². The fraction of sp³-hybridized carbons (Fsp3) is 0.467. The highest BCUT2D eigenvalue weighted by Gasteiger charge is 2.16. The third-order valence-electron chi connectivity index (χ3n) is 2.94. The van der Waals surface area contributed by atoms with E-state index >= 15 is 0 Å². The van der Waals surface area contributed by atoms with Gasteiger partial charge in [-0.15, -0.1) is 0 Å². The van der Waals surface area contributed by atoms with Gasteiger partial charge in [-0.1, -0.05) is 31.0 Å². The number of hydrogen-bond acceptors (Lipinski definition) is 2. The van der Waals surface area contributed by atoms with Crippen LogP contribution in [0.2, 0.25) is 0 Å². The van der Waals surface area contributed by atoms with Gasteiger partial charge < -0.3 is 10.0 Å². The van der Waals surface area contributed by atoms with Crippen molar-refractivity contribution in [2.75, 3.05) is 11.4 Å². The van der Waals surface area contributed by atoms with E-state index in [-0.39, 0.29) is 18.9 Å². The van der Waals surface area contributed by atoms with Gasteiger partial charge in [-0.25, -0.2) is 0 Å².